The van der Waals surface area contributed by atoms with Crippen molar-refractivity contribution in [2.24, 2.45) is 0 Å². The molecule has 120 valence electrons. The van der Waals surface area contributed by atoms with Crippen molar-refractivity contribution >= 4 is 23.1 Å². The number of carbonyl (C=O) groups excluding carboxylic acids is 1. The van der Waals surface area contributed by atoms with Crippen LogP contribution < -0.4 is 5.32 Å². The highest BCUT2D eigenvalue weighted by Gasteiger charge is 2.08. The molecule has 0 aliphatic carbocycles. The van der Waals surface area contributed by atoms with Crippen LogP contribution in [0.2, 0.25) is 0 Å². The second kappa shape index (κ2) is 7.52. The van der Waals surface area contributed by atoms with E-state index in [0.29, 0.717) is 5.69 Å². The second-order valence-electron chi connectivity index (χ2n) is 4.87. The molecule has 0 saturated heterocycles. The molecule has 1 N–H and O–H groups in total. The monoisotopic (exact) mass is 337 g/mol. The van der Waals surface area contributed by atoms with Crippen LogP contribution in [0.5, 0.6) is 0 Å². The molecule has 2 heterocycles. The number of nitrogens with zero attached hydrogens (tertiary/aromatic N) is 2. The minimum Gasteiger partial charge on any atom is -0.445 e. The number of nitrogens with one attached hydrogen (secondary N) is 1. The Labute approximate surface area is 143 Å². The average molecular weight is 337 g/mol. The van der Waals surface area contributed by atoms with E-state index in [-0.39, 0.29) is 6.61 Å². The molecule has 1 amide bonds. The molecular formula is C18H15N3O2S. The zero-order valence-corrected chi connectivity index (χ0v) is 13.6. The van der Waals surface area contributed by atoms with Crippen molar-refractivity contribution in [3.05, 3.63) is 66.8 Å². The van der Waals surface area contributed by atoms with Gasteiger partial charge in [-0.15, -0.1) is 11.3 Å². The summed E-state index contributed by atoms with van der Waals surface area (Å²) in [6.45, 7) is 3.68. The number of anilines is 1. The molecule has 3 rings (SSSR count). The van der Waals surface area contributed by atoms with Gasteiger partial charge in [-0.05, 0) is 24.3 Å². The van der Waals surface area contributed by atoms with Crippen molar-refractivity contribution in [2.75, 3.05) is 11.9 Å². The summed E-state index contributed by atoms with van der Waals surface area (Å²) in [6.07, 6.45) is 4.53. The van der Waals surface area contributed by atoms with Gasteiger partial charge >= 0.3 is 6.09 Å². The van der Waals surface area contributed by atoms with Gasteiger partial charge in [-0.3, -0.25) is 10.3 Å². The van der Waals surface area contributed by atoms with Gasteiger partial charge in [-0.25, -0.2) is 9.78 Å². The summed E-state index contributed by atoms with van der Waals surface area (Å²) in [5.74, 6) is 0. The molecule has 0 atom stereocenters. The lowest BCUT2D eigenvalue weighted by Crippen LogP contribution is -2.13. The molecule has 0 bridgehead atoms. The quantitative estimate of drug-likeness (QED) is 0.691. The highest BCUT2D eigenvalue weighted by Crippen LogP contribution is 2.29. The Bertz CT molecular complexity index is 846. The fourth-order valence-electron chi connectivity index (χ4n) is 2.07. The number of hydrogen-bond donors (Lipinski definition) is 1. The Hall–Kier alpha value is -2.99. The Balaban J connectivity index is 1.78. The van der Waals surface area contributed by atoms with E-state index in [9.17, 15) is 4.79 Å². The van der Waals surface area contributed by atoms with E-state index >= 15 is 0 Å². The van der Waals surface area contributed by atoms with Crippen molar-refractivity contribution in [3.63, 3.8) is 0 Å². The maximum Gasteiger partial charge on any atom is 0.411 e. The third kappa shape index (κ3) is 3.85. The van der Waals surface area contributed by atoms with Gasteiger partial charge in [0.25, 0.3) is 0 Å². The van der Waals surface area contributed by atoms with Crippen molar-refractivity contribution < 1.29 is 9.53 Å². The lowest BCUT2D eigenvalue weighted by atomic mass is 10.1. The molecule has 6 heteroatoms. The van der Waals surface area contributed by atoms with Crippen molar-refractivity contribution in [1.82, 2.24) is 9.97 Å². The maximum absolute atomic E-state index is 11.6. The van der Waals surface area contributed by atoms with E-state index in [1.165, 1.54) is 6.08 Å². The third-order valence-corrected chi connectivity index (χ3v) is 4.04. The van der Waals surface area contributed by atoms with Crippen LogP contribution in [0, 0.1) is 0 Å². The first-order valence-electron chi connectivity index (χ1n) is 7.27. The number of amides is 1. The van der Waals surface area contributed by atoms with Crippen LogP contribution in [0.4, 0.5) is 10.5 Å². The molecule has 0 aliphatic rings. The van der Waals surface area contributed by atoms with E-state index < -0.39 is 6.09 Å². The molecule has 5 nitrogen and oxygen atoms in total. The second-order valence-corrected chi connectivity index (χ2v) is 5.73. The fraction of sp³-hybridized carbons (Fsp3) is 0.0556. The smallest absolute Gasteiger partial charge is 0.411 e. The number of carbonyl (C=O) groups is 1. The van der Waals surface area contributed by atoms with E-state index in [1.807, 2.05) is 35.7 Å². The molecule has 0 unspecified atom stereocenters. The van der Waals surface area contributed by atoms with Crippen LogP contribution in [0.1, 0.15) is 0 Å². The molecule has 0 aliphatic heterocycles. The number of pyridine rings is 1. The maximum atomic E-state index is 11.6. The number of thiazole rings is 1. The molecule has 0 radical (unpaired) electrons. The number of aromatic nitrogens is 2. The van der Waals surface area contributed by atoms with Gasteiger partial charge in [0.2, 0.25) is 0 Å². The lowest BCUT2D eigenvalue weighted by Gasteiger charge is -2.06. The topological polar surface area (TPSA) is 64.1 Å². The first-order chi connectivity index (χ1) is 11.8. The van der Waals surface area contributed by atoms with E-state index in [4.69, 9.17) is 4.74 Å². The number of ether oxygens (including phenoxy) is 1. The van der Waals surface area contributed by atoms with Crippen molar-refractivity contribution in [3.8, 4) is 21.8 Å². The molecule has 0 saturated carbocycles. The van der Waals surface area contributed by atoms with Crippen LogP contribution in [-0.4, -0.2) is 22.7 Å². The van der Waals surface area contributed by atoms with Crippen LogP contribution in [0.25, 0.3) is 21.8 Å². The summed E-state index contributed by atoms with van der Waals surface area (Å²) in [6, 6.07) is 11.3. The minimum absolute atomic E-state index is 0.173. The number of rotatable bonds is 5. The lowest BCUT2D eigenvalue weighted by molar-refractivity contribution is 0.174. The molecule has 0 spiro atoms. The Morgan fingerprint density at radius 2 is 2.17 bits per heavy atom. The summed E-state index contributed by atoms with van der Waals surface area (Å²) in [7, 11) is 0. The SMILES string of the molecule is C=CCOC(=O)Nc1cccc(-c2csc(-c3cccnc3)n2)c1. The van der Waals surface area contributed by atoms with Crippen molar-refractivity contribution in [2.45, 2.75) is 0 Å². The van der Waals surface area contributed by atoms with Gasteiger partial charge in [-0.1, -0.05) is 24.8 Å². The fourth-order valence-corrected chi connectivity index (χ4v) is 2.89. The molecule has 24 heavy (non-hydrogen) atoms. The predicted molar refractivity (Wildman–Crippen MR) is 95.9 cm³/mol. The van der Waals surface area contributed by atoms with Crippen LogP contribution in [-0.2, 0) is 4.74 Å². The van der Waals surface area contributed by atoms with E-state index in [0.717, 1.165) is 21.8 Å². The van der Waals surface area contributed by atoms with Crippen molar-refractivity contribution in [1.29, 1.82) is 0 Å². The molecule has 3 aromatic rings. The zero-order valence-electron chi connectivity index (χ0n) is 12.8. The molecule has 1 aromatic carbocycles. The first kappa shape index (κ1) is 15.9. The van der Waals surface area contributed by atoms with Gasteiger partial charge in [0.05, 0.1) is 5.69 Å². The Kier molecular flexibility index (Phi) is 4.98. The van der Waals surface area contributed by atoms with Gasteiger partial charge in [-0.2, -0.15) is 0 Å². The summed E-state index contributed by atoms with van der Waals surface area (Å²) < 4.78 is 4.91. The van der Waals surface area contributed by atoms with E-state index in [2.05, 4.69) is 21.9 Å². The highest BCUT2D eigenvalue weighted by molar-refractivity contribution is 7.13. The Morgan fingerprint density at radius 3 is 2.96 bits per heavy atom. The van der Waals surface area contributed by atoms with Gasteiger partial charge in [0.1, 0.15) is 11.6 Å². The summed E-state index contributed by atoms with van der Waals surface area (Å²) in [5, 5.41) is 5.57. The van der Waals surface area contributed by atoms with Crippen LogP contribution in [0.15, 0.2) is 66.8 Å². The van der Waals surface area contributed by atoms with Crippen LogP contribution in [0.3, 0.4) is 0 Å². The molecule has 2 aromatic heterocycles. The van der Waals surface area contributed by atoms with Gasteiger partial charge in [0, 0.05) is 34.6 Å². The Morgan fingerprint density at radius 1 is 1.29 bits per heavy atom. The summed E-state index contributed by atoms with van der Waals surface area (Å²) >= 11 is 1.55. The molecular weight excluding hydrogens is 322 g/mol. The van der Waals surface area contributed by atoms with E-state index in [1.54, 1.807) is 29.8 Å². The third-order valence-electron chi connectivity index (χ3n) is 3.15. The normalized spacial score (nSPS) is 10.2. The van der Waals surface area contributed by atoms with Crippen LogP contribution >= 0.6 is 11.3 Å². The largest absolute Gasteiger partial charge is 0.445 e. The first-order valence-corrected chi connectivity index (χ1v) is 8.15. The average Bonchev–Trinajstić information content (AvgIpc) is 3.11. The zero-order chi connectivity index (χ0) is 16.8. The predicted octanol–water partition coefficient (Wildman–Crippen LogP) is 4.61. The standard InChI is InChI=1S/C18H15N3O2S/c1-2-9-23-18(22)20-15-7-3-5-13(10-15)16-12-24-17(21-16)14-6-4-8-19-11-14/h2-8,10-12H,1,9H2,(H,20,22). The highest BCUT2D eigenvalue weighted by atomic mass is 32.1. The van der Waals surface area contributed by atoms with Gasteiger partial charge in [0.15, 0.2) is 0 Å². The summed E-state index contributed by atoms with van der Waals surface area (Å²) in [4.78, 5) is 20.4. The number of benzene rings is 1. The molecule has 0 fully saturated rings. The number of hydrogen-bond acceptors (Lipinski definition) is 5. The minimum atomic E-state index is -0.513. The summed E-state index contributed by atoms with van der Waals surface area (Å²) in [5.41, 5.74) is 3.40. The van der Waals surface area contributed by atoms with Gasteiger partial charge < -0.3 is 4.74 Å².